The molecule has 4 heteroatoms. The molecule has 0 aliphatic rings. The van der Waals surface area contributed by atoms with E-state index in [0.29, 0.717) is 10.8 Å². The van der Waals surface area contributed by atoms with Crippen LogP contribution in [0.1, 0.15) is 13.8 Å². The van der Waals surface area contributed by atoms with Gasteiger partial charge < -0.3 is 9.72 Å². The highest BCUT2D eigenvalue weighted by molar-refractivity contribution is 6.32. The number of para-hydroxylation sites is 2. The monoisotopic (exact) mass is 286 g/mol. The summed E-state index contributed by atoms with van der Waals surface area (Å²) in [6, 6.07) is 13.6. The molecule has 2 aromatic carbocycles. The van der Waals surface area contributed by atoms with Crippen LogP contribution in [0.5, 0.6) is 5.75 Å². The van der Waals surface area contributed by atoms with Crippen molar-refractivity contribution in [2.45, 2.75) is 20.0 Å². The Bertz CT molecular complexity index is 716. The second kappa shape index (κ2) is 5.17. The molecule has 3 rings (SSSR count). The van der Waals surface area contributed by atoms with Gasteiger partial charge in [0.25, 0.3) is 0 Å². The molecule has 1 heterocycles. The number of aromatic amines is 1. The van der Waals surface area contributed by atoms with Gasteiger partial charge in [0.2, 0.25) is 0 Å². The van der Waals surface area contributed by atoms with Crippen molar-refractivity contribution in [2.24, 2.45) is 0 Å². The first kappa shape index (κ1) is 13.0. The van der Waals surface area contributed by atoms with Crippen LogP contribution in [-0.2, 0) is 0 Å². The van der Waals surface area contributed by atoms with Gasteiger partial charge in [0.05, 0.1) is 22.2 Å². The Balaban J connectivity index is 1.99. The van der Waals surface area contributed by atoms with Crippen LogP contribution >= 0.6 is 11.6 Å². The Labute approximate surface area is 122 Å². The normalized spacial score (nSPS) is 11.2. The minimum atomic E-state index is 0.101. The maximum Gasteiger partial charge on any atom is 0.138 e. The summed E-state index contributed by atoms with van der Waals surface area (Å²) < 4.78 is 5.63. The summed E-state index contributed by atoms with van der Waals surface area (Å²) in [6.07, 6.45) is 0.101. The fourth-order valence-corrected chi connectivity index (χ4v) is 2.31. The number of aromatic nitrogens is 2. The van der Waals surface area contributed by atoms with Crippen LogP contribution in [0.2, 0.25) is 5.02 Å². The van der Waals surface area contributed by atoms with E-state index in [1.165, 1.54) is 0 Å². The van der Waals surface area contributed by atoms with Crippen LogP contribution in [-0.4, -0.2) is 16.1 Å². The zero-order valence-corrected chi connectivity index (χ0v) is 12.1. The van der Waals surface area contributed by atoms with Gasteiger partial charge in [-0.15, -0.1) is 0 Å². The number of fused-ring (bicyclic) bond motifs is 1. The van der Waals surface area contributed by atoms with Gasteiger partial charge in [0.1, 0.15) is 11.6 Å². The zero-order chi connectivity index (χ0) is 14.1. The third-order valence-corrected chi connectivity index (χ3v) is 3.25. The molecule has 0 saturated heterocycles. The summed E-state index contributed by atoms with van der Waals surface area (Å²) in [5.74, 6) is 1.51. The summed E-state index contributed by atoms with van der Waals surface area (Å²) in [4.78, 5) is 7.85. The van der Waals surface area contributed by atoms with Gasteiger partial charge in [0, 0.05) is 5.56 Å². The molecular formula is C16H15ClN2O. The Hall–Kier alpha value is -2.00. The fourth-order valence-electron chi connectivity index (χ4n) is 2.09. The molecule has 0 fully saturated rings. The van der Waals surface area contributed by atoms with E-state index in [1.54, 1.807) is 0 Å². The Morgan fingerprint density at radius 3 is 2.65 bits per heavy atom. The second-order valence-corrected chi connectivity index (χ2v) is 5.32. The van der Waals surface area contributed by atoms with Gasteiger partial charge >= 0.3 is 0 Å². The molecule has 0 saturated carbocycles. The predicted molar refractivity (Wildman–Crippen MR) is 82.3 cm³/mol. The van der Waals surface area contributed by atoms with Crippen molar-refractivity contribution in [3.8, 4) is 17.1 Å². The molecule has 0 amide bonds. The van der Waals surface area contributed by atoms with Crippen LogP contribution in [0.4, 0.5) is 0 Å². The van der Waals surface area contributed by atoms with E-state index >= 15 is 0 Å². The Morgan fingerprint density at radius 2 is 1.95 bits per heavy atom. The largest absolute Gasteiger partial charge is 0.489 e. The molecule has 3 aromatic rings. The zero-order valence-electron chi connectivity index (χ0n) is 11.4. The van der Waals surface area contributed by atoms with Crippen molar-refractivity contribution in [3.63, 3.8) is 0 Å². The number of ether oxygens (including phenoxy) is 1. The molecule has 102 valence electrons. The smallest absolute Gasteiger partial charge is 0.138 e. The van der Waals surface area contributed by atoms with Crippen LogP contribution in [0.15, 0.2) is 42.5 Å². The number of hydrogen-bond donors (Lipinski definition) is 1. The first-order valence-corrected chi connectivity index (χ1v) is 6.92. The van der Waals surface area contributed by atoms with Crippen molar-refractivity contribution in [1.29, 1.82) is 0 Å². The van der Waals surface area contributed by atoms with E-state index in [4.69, 9.17) is 16.3 Å². The van der Waals surface area contributed by atoms with E-state index < -0.39 is 0 Å². The molecule has 1 N–H and O–H groups in total. The third-order valence-electron chi connectivity index (χ3n) is 2.96. The summed E-state index contributed by atoms with van der Waals surface area (Å²) in [6.45, 7) is 3.95. The average molecular weight is 287 g/mol. The molecule has 0 bridgehead atoms. The third kappa shape index (κ3) is 2.49. The molecule has 0 radical (unpaired) electrons. The molecule has 0 atom stereocenters. The van der Waals surface area contributed by atoms with Crippen molar-refractivity contribution < 1.29 is 4.74 Å². The van der Waals surface area contributed by atoms with E-state index in [1.807, 2.05) is 56.3 Å². The maximum absolute atomic E-state index is 6.26. The highest BCUT2D eigenvalue weighted by Gasteiger charge is 2.09. The van der Waals surface area contributed by atoms with E-state index in [9.17, 15) is 0 Å². The van der Waals surface area contributed by atoms with E-state index in [2.05, 4.69) is 9.97 Å². The summed E-state index contributed by atoms with van der Waals surface area (Å²) >= 11 is 6.26. The van der Waals surface area contributed by atoms with Crippen LogP contribution in [0.3, 0.4) is 0 Å². The maximum atomic E-state index is 6.26. The lowest BCUT2D eigenvalue weighted by Gasteiger charge is -2.11. The van der Waals surface area contributed by atoms with Gasteiger partial charge in [0.15, 0.2) is 0 Å². The lowest BCUT2D eigenvalue weighted by atomic mass is 10.2. The Morgan fingerprint density at radius 1 is 1.15 bits per heavy atom. The molecule has 0 aliphatic carbocycles. The van der Waals surface area contributed by atoms with Crippen LogP contribution < -0.4 is 4.74 Å². The van der Waals surface area contributed by atoms with Crippen LogP contribution in [0.25, 0.3) is 22.4 Å². The SMILES string of the molecule is CC(C)Oc1ccc(-c2nc3ccccc3[nH]2)cc1Cl. The first-order chi connectivity index (χ1) is 9.63. The Kier molecular flexibility index (Phi) is 3.36. The number of hydrogen-bond acceptors (Lipinski definition) is 2. The first-order valence-electron chi connectivity index (χ1n) is 6.55. The van der Waals surface area contributed by atoms with E-state index in [-0.39, 0.29) is 6.10 Å². The fraction of sp³-hybridized carbons (Fsp3) is 0.188. The predicted octanol–water partition coefficient (Wildman–Crippen LogP) is 4.67. The summed E-state index contributed by atoms with van der Waals surface area (Å²) in [5.41, 5.74) is 2.91. The quantitative estimate of drug-likeness (QED) is 0.760. The van der Waals surface area contributed by atoms with Gasteiger partial charge in [-0.05, 0) is 44.2 Å². The van der Waals surface area contributed by atoms with Crippen molar-refractivity contribution >= 4 is 22.6 Å². The number of halogens is 1. The summed E-state index contributed by atoms with van der Waals surface area (Å²) in [5, 5.41) is 0.594. The van der Waals surface area contributed by atoms with Gasteiger partial charge in [-0.25, -0.2) is 4.98 Å². The van der Waals surface area contributed by atoms with Gasteiger partial charge in [-0.1, -0.05) is 23.7 Å². The number of benzene rings is 2. The molecule has 20 heavy (non-hydrogen) atoms. The molecule has 0 unspecified atom stereocenters. The van der Waals surface area contributed by atoms with Crippen molar-refractivity contribution in [1.82, 2.24) is 9.97 Å². The molecule has 0 aliphatic heterocycles. The standard InChI is InChI=1S/C16H15ClN2O/c1-10(2)20-15-8-7-11(9-12(15)17)16-18-13-5-3-4-6-14(13)19-16/h3-10H,1-2H3,(H,18,19). The topological polar surface area (TPSA) is 37.9 Å². The van der Waals surface area contributed by atoms with Crippen molar-refractivity contribution in [2.75, 3.05) is 0 Å². The van der Waals surface area contributed by atoms with Gasteiger partial charge in [-0.3, -0.25) is 0 Å². The lowest BCUT2D eigenvalue weighted by Crippen LogP contribution is -2.05. The number of H-pyrrole nitrogens is 1. The van der Waals surface area contributed by atoms with E-state index in [0.717, 1.165) is 22.4 Å². The van der Waals surface area contributed by atoms with Crippen LogP contribution in [0, 0.1) is 0 Å². The molecule has 3 nitrogen and oxygen atoms in total. The van der Waals surface area contributed by atoms with Crippen molar-refractivity contribution in [3.05, 3.63) is 47.5 Å². The summed E-state index contributed by atoms with van der Waals surface area (Å²) in [7, 11) is 0. The number of nitrogens with zero attached hydrogens (tertiary/aromatic N) is 1. The second-order valence-electron chi connectivity index (χ2n) is 4.91. The minimum absolute atomic E-state index is 0.101. The van der Waals surface area contributed by atoms with Gasteiger partial charge in [-0.2, -0.15) is 0 Å². The molecular weight excluding hydrogens is 272 g/mol. The highest BCUT2D eigenvalue weighted by atomic mass is 35.5. The lowest BCUT2D eigenvalue weighted by molar-refractivity contribution is 0.242. The minimum Gasteiger partial charge on any atom is -0.489 e. The number of rotatable bonds is 3. The highest BCUT2D eigenvalue weighted by Crippen LogP contribution is 2.30. The molecule has 0 spiro atoms. The average Bonchev–Trinajstić information content (AvgIpc) is 2.84. The number of imidazole rings is 1. The molecule has 1 aromatic heterocycles. The number of nitrogens with one attached hydrogen (secondary N) is 1.